The molecule has 116 valence electrons. The van der Waals surface area contributed by atoms with Gasteiger partial charge in [0, 0.05) is 23.5 Å². The second-order valence-electron chi connectivity index (χ2n) is 4.95. The van der Waals surface area contributed by atoms with E-state index in [1.807, 2.05) is 6.92 Å². The summed E-state index contributed by atoms with van der Waals surface area (Å²) >= 11 is 0. The van der Waals surface area contributed by atoms with Gasteiger partial charge >= 0.3 is 11.7 Å². The molecule has 0 aliphatic rings. The summed E-state index contributed by atoms with van der Waals surface area (Å²) in [5.41, 5.74) is 0.780. The van der Waals surface area contributed by atoms with Crippen molar-refractivity contribution in [3.05, 3.63) is 27.4 Å². The van der Waals surface area contributed by atoms with Crippen LogP contribution in [0.3, 0.4) is 0 Å². The molecule has 1 unspecified atom stereocenters. The number of nitrogens with zero attached hydrogens (tertiary/aromatic N) is 2. The molecule has 0 saturated carbocycles. The zero-order chi connectivity index (χ0) is 16.2. The summed E-state index contributed by atoms with van der Waals surface area (Å²) in [4.78, 5) is 38.8. The minimum Gasteiger partial charge on any atom is -0.481 e. The van der Waals surface area contributed by atoms with Gasteiger partial charge in [-0.2, -0.15) is 4.98 Å². The summed E-state index contributed by atoms with van der Waals surface area (Å²) in [6.45, 7) is 7.29. The SMILES string of the molecule is CCCNC(=O)C(C)n1c(C)c(CC(=O)O)c(C)nc1=O. The quantitative estimate of drug-likeness (QED) is 0.799. The van der Waals surface area contributed by atoms with E-state index >= 15 is 0 Å². The Hall–Kier alpha value is -2.18. The Kier molecular flexibility index (Phi) is 5.63. The minimum absolute atomic E-state index is 0.228. The lowest BCUT2D eigenvalue weighted by Crippen LogP contribution is -2.39. The number of nitrogens with one attached hydrogen (secondary N) is 1. The van der Waals surface area contributed by atoms with Crippen LogP contribution in [0.1, 0.15) is 43.3 Å². The predicted octanol–water partition coefficient (Wildman–Crippen LogP) is 0.574. The van der Waals surface area contributed by atoms with Crippen LogP contribution >= 0.6 is 0 Å². The number of hydrogen-bond donors (Lipinski definition) is 2. The fraction of sp³-hybridized carbons (Fsp3) is 0.571. The monoisotopic (exact) mass is 295 g/mol. The minimum atomic E-state index is -1.00. The van der Waals surface area contributed by atoms with Gasteiger partial charge in [-0.25, -0.2) is 4.79 Å². The van der Waals surface area contributed by atoms with E-state index in [0.29, 0.717) is 23.5 Å². The van der Waals surface area contributed by atoms with Crippen molar-refractivity contribution in [3.8, 4) is 0 Å². The van der Waals surface area contributed by atoms with E-state index in [1.54, 1.807) is 20.8 Å². The Morgan fingerprint density at radius 3 is 2.52 bits per heavy atom. The van der Waals surface area contributed by atoms with Crippen molar-refractivity contribution in [2.24, 2.45) is 0 Å². The first-order chi connectivity index (χ1) is 9.79. The summed E-state index contributed by atoms with van der Waals surface area (Å²) < 4.78 is 1.25. The molecule has 21 heavy (non-hydrogen) atoms. The summed E-state index contributed by atoms with van der Waals surface area (Å²) in [7, 11) is 0. The fourth-order valence-electron chi connectivity index (χ4n) is 2.19. The second-order valence-corrected chi connectivity index (χ2v) is 4.95. The molecule has 7 nitrogen and oxygen atoms in total. The topological polar surface area (TPSA) is 101 Å². The lowest BCUT2D eigenvalue weighted by Gasteiger charge is -2.20. The van der Waals surface area contributed by atoms with Gasteiger partial charge in [0.15, 0.2) is 0 Å². The van der Waals surface area contributed by atoms with Gasteiger partial charge in [-0.15, -0.1) is 0 Å². The van der Waals surface area contributed by atoms with Crippen LogP contribution in [0.2, 0.25) is 0 Å². The average Bonchev–Trinajstić information content (AvgIpc) is 2.40. The third-order valence-corrected chi connectivity index (χ3v) is 3.35. The molecule has 0 spiro atoms. The molecule has 0 fully saturated rings. The number of hydrogen-bond acceptors (Lipinski definition) is 4. The van der Waals surface area contributed by atoms with Crippen molar-refractivity contribution in [1.29, 1.82) is 0 Å². The molecule has 1 rings (SSSR count). The molecular formula is C14H21N3O4. The Bertz CT molecular complexity index is 607. The summed E-state index contributed by atoms with van der Waals surface area (Å²) in [6.07, 6.45) is 0.566. The van der Waals surface area contributed by atoms with Gasteiger partial charge in [0.2, 0.25) is 5.91 Å². The highest BCUT2D eigenvalue weighted by Gasteiger charge is 2.21. The Morgan fingerprint density at radius 1 is 1.38 bits per heavy atom. The van der Waals surface area contributed by atoms with Gasteiger partial charge in [-0.1, -0.05) is 6.92 Å². The molecule has 2 N–H and O–H groups in total. The predicted molar refractivity (Wildman–Crippen MR) is 77.3 cm³/mol. The number of carbonyl (C=O) groups excluding carboxylic acids is 1. The van der Waals surface area contributed by atoms with Crippen molar-refractivity contribution >= 4 is 11.9 Å². The maximum absolute atomic E-state index is 12.0. The third-order valence-electron chi connectivity index (χ3n) is 3.35. The molecule has 1 heterocycles. The normalized spacial score (nSPS) is 12.0. The number of aliphatic carboxylic acids is 1. The molecule has 0 radical (unpaired) electrons. The number of rotatable bonds is 6. The first kappa shape index (κ1) is 16.9. The first-order valence-corrected chi connectivity index (χ1v) is 6.87. The van der Waals surface area contributed by atoms with Crippen molar-refractivity contribution in [2.45, 2.75) is 46.6 Å². The molecule has 0 aromatic carbocycles. The van der Waals surface area contributed by atoms with Crippen molar-refractivity contribution in [2.75, 3.05) is 6.54 Å². The van der Waals surface area contributed by atoms with Gasteiger partial charge in [0.05, 0.1) is 6.42 Å². The molecule has 7 heteroatoms. The largest absolute Gasteiger partial charge is 0.481 e. The van der Waals surface area contributed by atoms with Gasteiger partial charge in [0.25, 0.3) is 0 Å². The van der Waals surface area contributed by atoms with Crippen LogP contribution < -0.4 is 11.0 Å². The highest BCUT2D eigenvalue weighted by Crippen LogP contribution is 2.14. The van der Waals surface area contributed by atoms with Crippen LogP contribution in [-0.2, 0) is 16.0 Å². The number of aryl methyl sites for hydroxylation is 1. The van der Waals surface area contributed by atoms with Gasteiger partial charge < -0.3 is 10.4 Å². The molecule has 0 bridgehead atoms. The number of carbonyl (C=O) groups is 2. The third kappa shape index (κ3) is 3.90. The summed E-state index contributed by atoms with van der Waals surface area (Å²) in [6, 6.07) is -0.732. The van der Waals surface area contributed by atoms with Gasteiger partial charge in [-0.05, 0) is 27.2 Å². The van der Waals surface area contributed by atoms with E-state index in [0.717, 1.165) is 6.42 Å². The van der Waals surface area contributed by atoms with E-state index in [4.69, 9.17) is 5.11 Å². The second kappa shape index (κ2) is 7.01. The van der Waals surface area contributed by atoms with Crippen LogP contribution in [-0.4, -0.2) is 33.1 Å². The fourth-order valence-corrected chi connectivity index (χ4v) is 2.19. The van der Waals surface area contributed by atoms with E-state index in [2.05, 4.69) is 10.3 Å². The average molecular weight is 295 g/mol. The van der Waals surface area contributed by atoms with Crippen LogP contribution in [0.25, 0.3) is 0 Å². The Balaban J connectivity index is 3.26. The molecule has 0 saturated heterocycles. The maximum atomic E-state index is 12.0. The van der Waals surface area contributed by atoms with Crippen molar-refractivity contribution < 1.29 is 14.7 Å². The van der Waals surface area contributed by atoms with Gasteiger partial charge in [-0.3, -0.25) is 14.2 Å². The maximum Gasteiger partial charge on any atom is 0.348 e. The zero-order valence-electron chi connectivity index (χ0n) is 12.8. The molecule has 0 aliphatic heterocycles. The number of aromatic nitrogens is 2. The zero-order valence-corrected chi connectivity index (χ0v) is 12.8. The summed E-state index contributed by atoms with van der Waals surface area (Å²) in [5.74, 6) is -1.29. The van der Waals surface area contributed by atoms with Crippen molar-refractivity contribution in [3.63, 3.8) is 0 Å². The van der Waals surface area contributed by atoms with Crippen LogP contribution in [0.5, 0.6) is 0 Å². The highest BCUT2D eigenvalue weighted by molar-refractivity contribution is 5.80. The Morgan fingerprint density at radius 2 is 2.00 bits per heavy atom. The number of carboxylic acids is 1. The van der Waals surface area contributed by atoms with E-state index in [9.17, 15) is 14.4 Å². The number of amides is 1. The molecule has 1 aromatic heterocycles. The number of carboxylic acid groups (broad SMARTS) is 1. The van der Waals surface area contributed by atoms with E-state index < -0.39 is 17.7 Å². The van der Waals surface area contributed by atoms with E-state index in [-0.39, 0.29) is 12.3 Å². The first-order valence-electron chi connectivity index (χ1n) is 6.87. The molecule has 1 aromatic rings. The molecule has 1 amide bonds. The smallest absolute Gasteiger partial charge is 0.348 e. The van der Waals surface area contributed by atoms with E-state index in [1.165, 1.54) is 4.57 Å². The Labute approximate surface area is 123 Å². The van der Waals surface area contributed by atoms with Crippen molar-refractivity contribution in [1.82, 2.24) is 14.9 Å². The molecule has 0 aliphatic carbocycles. The molecule has 1 atom stereocenters. The van der Waals surface area contributed by atoms with Crippen LogP contribution in [0, 0.1) is 13.8 Å². The molecular weight excluding hydrogens is 274 g/mol. The van der Waals surface area contributed by atoms with Gasteiger partial charge in [0.1, 0.15) is 6.04 Å². The standard InChI is InChI=1S/C14H21N3O4/c1-5-6-15-13(20)10(4)17-9(3)11(7-12(18)19)8(2)16-14(17)21/h10H,5-7H2,1-4H3,(H,15,20)(H,18,19). The highest BCUT2D eigenvalue weighted by atomic mass is 16.4. The lowest BCUT2D eigenvalue weighted by atomic mass is 10.1. The summed E-state index contributed by atoms with van der Waals surface area (Å²) in [5, 5.41) is 11.7. The van der Waals surface area contributed by atoms with Crippen LogP contribution in [0.15, 0.2) is 4.79 Å². The van der Waals surface area contributed by atoms with Crippen LogP contribution in [0.4, 0.5) is 0 Å². The lowest BCUT2D eigenvalue weighted by molar-refractivity contribution is -0.136.